The first kappa shape index (κ1) is 29.4. The summed E-state index contributed by atoms with van der Waals surface area (Å²) in [5.74, 6) is -1.51. The predicted octanol–water partition coefficient (Wildman–Crippen LogP) is -1.06. The Labute approximate surface area is 212 Å². The lowest BCUT2D eigenvalue weighted by Crippen LogP contribution is -2.41. The molecule has 6 atom stereocenters. The highest BCUT2D eigenvalue weighted by molar-refractivity contribution is 7.62. The van der Waals surface area contributed by atoms with Crippen molar-refractivity contribution in [1.29, 1.82) is 0 Å². The van der Waals surface area contributed by atoms with Gasteiger partial charge in [-0.1, -0.05) is 18.2 Å². The lowest BCUT2D eigenvalue weighted by atomic mass is 10.1. The number of benzene rings is 1. The molecular weight excluding hydrogens is 556 g/mol. The third-order valence-corrected chi connectivity index (χ3v) is 7.95. The number of rotatable bonds is 11. The number of carboxylic acids is 1. The van der Waals surface area contributed by atoms with Crippen LogP contribution in [0.25, 0.3) is 0 Å². The van der Waals surface area contributed by atoms with Gasteiger partial charge in [-0.15, -0.1) is 0 Å². The molecule has 1 saturated heterocycles. The Bertz CT molecular complexity index is 1360. The van der Waals surface area contributed by atoms with Gasteiger partial charge in [-0.05, 0) is 12.1 Å². The van der Waals surface area contributed by atoms with Crippen LogP contribution in [0.2, 0.25) is 0 Å². The molecule has 4 N–H and O–H groups in total. The Morgan fingerprint density at radius 1 is 1.16 bits per heavy atom. The van der Waals surface area contributed by atoms with Crippen LogP contribution in [0, 0.1) is 0 Å². The molecule has 0 radical (unpaired) electrons. The standard InChI is InChI=1S/C19H23N3O14P2/c23-13-6-8-22(18(27)21-13)17-16(35-19(28)20-11-4-2-1-3-5-11)15(26)12(34-17)10-33-38(31,32)36-37(29,30)9-7-14(24)25/h1-6,8,12,15-17,26H,7,9-10H2,(H,20,28)(H,24,25)(H,29,30)(H,31,32)(H,21,23,27)/p-2/t12-,15?,16+,17-/m1/s1. The normalized spacial score (nSPS) is 24.2. The van der Waals surface area contributed by atoms with E-state index in [9.17, 15) is 43.2 Å². The first-order chi connectivity index (χ1) is 17.8. The number of ether oxygens (including phenoxy) is 2. The zero-order chi connectivity index (χ0) is 28.1. The van der Waals surface area contributed by atoms with Gasteiger partial charge in [0.2, 0.25) is 0 Å². The van der Waals surface area contributed by atoms with Crippen LogP contribution < -0.4 is 26.4 Å². The van der Waals surface area contributed by atoms with E-state index in [0.717, 1.165) is 16.8 Å². The molecule has 0 aliphatic carbocycles. The smallest absolute Gasteiger partial charge is 0.412 e. The Kier molecular flexibility index (Phi) is 9.40. The fraction of sp³-hybridized carbons (Fsp3) is 0.368. The topological polar surface area (TPSA) is 259 Å². The van der Waals surface area contributed by atoms with Crippen LogP contribution in [0.5, 0.6) is 0 Å². The number of aromatic amines is 1. The van der Waals surface area contributed by atoms with Gasteiger partial charge in [0.25, 0.3) is 13.4 Å². The average Bonchev–Trinajstić information content (AvgIpc) is 3.11. The minimum absolute atomic E-state index is 0.318. The number of aromatic nitrogens is 2. The van der Waals surface area contributed by atoms with Crippen molar-refractivity contribution in [1.82, 2.24) is 9.55 Å². The Balaban J connectivity index is 1.75. The number of para-hydroxylation sites is 1. The summed E-state index contributed by atoms with van der Waals surface area (Å²) in [6.07, 6.45) is -8.85. The number of nitrogens with one attached hydrogen (secondary N) is 2. The highest BCUT2D eigenvalue weighted by Crippen LogP contribution is 2.55. The van der Waals surface area contributed by atoms with Gasteiger partial charge in [-0.25, -0.2) is 9.59 Å². The molecule has 1 amide bonds. The van der Waals surface area contributed by atoms with E-state index in [0.29, 0.717) is 5.69 Å². The van der Waals surface area contributed by atoms with Crippen molar-refractivity contribution >= 4 is 33.2 Å². The number of hydrogen-bond acceptors (Lipinski definition) is 13. The van der Waals surface area contributed by atoms with E-state index in [1.807, 2.05) is 4.98 Å². The van der Waals surface area contributed by atoms with Gasteiger partial charge in [-0.3, -0.25) is 33.3 Å². The molecule has 0 bridgehead atoms. The van der Waals surface area contributed by atoms with Gasteiger partial charge in [0.1, 0.15) is 19.8 Å². The molecule has 1 aliphatic rings. The van der Waals surface area contributed by atoms with Crippen molar-refractivity contribution in [3.63, 3.8) is 0 Å². The molecule has 1 fully saturated rings. The van der Waals surface area contributed by atoms with Crippen molar-refractivity contribution in [3.05, 3.63) is 63.4 Å². The highest BCUT2D eigenvalue weighted by atomic mass is 31.3. The Morgan fingerprint density at radius 3 is 2.47 bits per heavy atom. The molecule has 3 unspecified atom stereocenters. The molecule has 2 heterocycles. The van der Waals surface area contributed by atoms with Crippen molar-refractivity contribution in [2.24, 2.45) is 0 Å². The molecule has 1 aromatic heterocycles. The zero-order valence-corrected chi connectivity index (χ0v) is 20.9. The number of carbonyl (C=O) groups excluding carboxylic acids is 1. The monoisotopic (exact) mass is 577 g/mol. The largest absolute Gasteiger partial charge is 0.778 e. The van der Waals surface area contributed by atoms with Crippen LogP contribution in [0.4, 0.5) is 10.5 Å². The molecule has 1 aliphatic heterocycles. The van der Waals surface area contributed by atoms with Crippen molar-refractivity contribution in [2.75, 3.05) is 18.1 Å². The summed E-state index contributed by atoms with van der Waals surface area (Å²) in [6, 6.07) is 8.91. The van der Waals surface area contributed by atoms with E-state index in [1.165, 1.54) is 12.1 Å². The van der Waals surface area contributed by atoms with Crippen molar-refractivity contribution in [3.8, 4) is 0 Å². The predicted molar refractivity (Wildman–Crippen MR) is 121 cm³/mol. The SMILES string of the molecule is O=C(O)CCP(=O)([O-])OP(=O)([O-])OC[C@H]1O[C@@H](n2ccc(=O)[nH]c2=O)[C@@H](OC(=O)Nc2ccccc2)C1O. The molecule has 2 aromatic rings. The average molecular weight is 577 g/mol. The number of anilines is 1. The summed E-state index contributed by atoms with van der Waals surface area (Å²) >= 11 is 0. The zero-order valence-electron chi connectivity index (χ0n) is 19.1. The minimum Gasteiger partial charge on any atom is -0.778 e. The van der Waals surface area contributed by atoms with Gasteiger partial charge in [0.15, 0.2) is 12.3 Å². The number of phosphoric acid groups is 1. The van der Waals surface area contributed by atoms with Gasteiger partial charge in [0.05, 0.1) is 13.0 Å². The maximum atomic E-state index is 12.4. The fourth-order valence-electron chi connectivity index (χ4n) is 3.24. The Hall–Kier alpha value is -3.14. The number of carbonyl (C=O) groups is 2. The van der Waals surface area contributed by atoms with E-state index in [-0.39, 0.29) is 0 Å². The number of amides is 1. The van der Waals surface area contributed by atoms with Crippen LogP contribution in [-0.4, -0.2) is 62.9 Å². The number of aliphatic carboxylic acids is 1. The second-order valence-electron chi connectivity index (χ2n) is 7.74. The maximum Gasteiger partial charge on any atom is 0.412 e. The van der Waals surface area contributed by atoms with Crippen LogP contribution in [0.15, 0.2) is 52.2 Å². The van der Waals surface area contributed by atoms with Crippen LogP contribution in [0.3, 0.4) is 0 Å². The lowest BCUT2D eigenvalue weighted by molar-refractivity contribution is -0.234. The second kappa shape index (κ2) is 12.1. The highest BCUT2D eigenvalue weighted by Gasteiger charge is 2.48. The first-order valence-electron chi connectivity index (χ1n) is 10.6. The third-order valence-electron chi connectivity index (χ3n) is 4.92. The number of aliphatic hydroxyl groups excluding tert-OH is 1. The summed E-state index contributed by atoms with van der Waals surface area (Å²) in [7, 11) is -10.8. The number of carboxylic acid groups (broad SMARTS) is 1. The molecule has 208 valence electrons. The summed E-state index contributed by atoms with van der Waals surface area (Å²) in [4.78, 5) is 72.3. The van der Waals surface area contributed by atoms with E-state index >= 15 is 0 Å². The lowest BCUT2D eigenvalue weighted by Gasteiger charge is -2.31. The Morgan fingerprint density at radius 2 is 1.84 bits per heavy atom. The quantitative estimate of drug-likeness (QED) is 0.232. The van der Waals surface area contributed by atoms with Gasteiger partial charge in [0, 0.05) is 24.1 Å². The minimum atomic E-state index is -5.60. The van der Waals surface area contributed by atoms with E-state index in [4.69, 9.17) is 14.6 Å². The number of phosphoric ester groups is 1. The van der Waals surface area contributed by atoms with Gasteiger partial charge >= 0.3 is 17.8 Å². The molecular formula is C19H21N3O14P2-2. The maximum absolute atomic E-state index is 12.4. The van der Waals surface area contributed by atoms with E-state index in [1.54, 1.807) is 18.2 Å². The summed E-state index contributed by atoms with van der Waals surface area (Å²) in [5, 5.41) is 21.6. The molecule has 19 heteroatoms. The summed E-state index contributed by atoms with van der Waals surface area (Å²) in [5.41, 5.74) is -1.46. The van der Waals surface area contributed by atoms with Gasteiger partial charge in [-0.2, -0.15) is 0 Å². The first-order valence-corrected chi connectivity index (χ1v) is 13.8. The molecule has 0 spiro atoms. The molecule has 1 aromatic carbocycles. The van der Waals surface area contributed by atoms with Crippen LogP contribution in [-0.2, 0) is 32.2 Å². The molecule has 38 heavy (non-hydrogen) atoms. The van der Waals surface area contributed by atoms with Crippen molar-refractivity contribution < 1.29 is 57.0 Å². The summed E-state index contributed by atoms with van der Waals surface area (Å²) < 4.78 is 43.6. The van der Waals surface area contributed by atoms with Crippen LogP contribution >= 0.6 is 15.4 Å². The molecule has 17 nitrogen and oxygen atoms in total. The van der Waals surface area contributed by atoms with E-state index in [2.05, 4.69) is 14.2 Å². The van der Waals surface area contributed by atoms with Crippen molar-refractivity contribution in [2.45, 2.75) is 31.0 Å². The second-order valence-corrected chi connectivity index (χ2v) is 11.2. The van der Waals surface area contributed by atoms with Crippen LogP contribution in [0.1, 0.15) is 12.6 Å². The third kappa shape index (κ3) is 8.18. The number of hydrogen-bond donors (Lipinski definition) is 4. The number of nitrogens with zero attached hydrogens (tertiary/aromatic N) is 1. The molecule has 0 saturated carbocycles. The molecule has 3 rings (SSSR count). The summed E-state index contributed by atoms with van der Waals surface area (Å²) in [6.45, 7) is -1.06. The van der Waals surface area contributed by atoms with Gasteiger partial charge < -0.3 is 38.6 Å². The van der Waals surface area contributed by atoms with E-state index < -0.39 is 82.5 Å². The fourth-order valence-corrected chi connectivity index (χ4v) is 5.77. The number of H-pyrrole nitrogens is 1. The number of aliphatic hydroxyl groups is 1.